The molecule has 0 radical (unpaired) electrons. The van der Waals surface area contributed by atoms with Gasteiger partial charge in [-0.25, -0.2) is 0 Å². The van der Waals surface area contributed by atoms with Crippen LogP contribution in [0.2, 0.25) is 0 Å². The summed E-state index contributed by atoms with van der Waals surface area (Å²) in [5, 5.41) is 11.5. The van der Waals surface area contributed by atoms with Crippen molar-refractivity contribution in [1.29, 1.82) is 0 Å². The molecule has 7 heteroatoms. The van der Waals surface area contributed by atoms with Gasteiger partial charge in [0.1, 0.15) is 4.90 Å². The van der Waals surface area contributed by atoms with Gasteiger partial charge in [-0.3, -0.25) is 14.7 Å². The fraction of sp³-hybridized carbons (Fsp3) is 0.625. The lowest BCUT2D eigenvalue weighted by atomic mass is 9.56. The van der Waals surface area contributed by atoms with E-state index in [-0.39, 0.29) is 16.5 Å². The Labute approximate surface area is 136 Å². The molecule has 1 saturated carbocycles. The molecule has 0 saturated heterocycles. The molecule has 1 aromatic rings. The second-order valence-electron chi connectivity index (χ2n) is 7.30. The smallest absolute Gasteiger partial charge is 0.282 e. The van der Waals surface area contributed by atoms with Crippen molar-refractivity contribution >= 4 is 15.8 Å². The molecule has 0 aromatic heterocycles. The van der Waals surface area contributed by atoms with Crippen molar-refractivity contribution in [3.05, 3.63) is 33.9 Å². The van der Waals surface area contributed by atoms with Crippen LogP contribution in [0.5, 0.6) is 0 Å². The zero-order valence-electron chi connectivity index (χ0n) is 13.7. The molecule has 128 valence electrons. The Morgan fingerprint density at radius 2 is 1.74 bits per heavy atom. The van der Waals surface area contributed by atoms with E-state index in [1.807, 2.05) is 0 Å². The Balaban J connectivity index is 2.71. The van der Waals surface area contributed by atoms with Gasteiger partial charge in [-0.2, -0.15) is 8.42 Å². The Kier molecular flexibility index (Phi) is 4.56. The minimum Gasteiger partial charge on any atom is -0.282 e. The van der Waals surface area contributed by atoms with Gasteiger partial charge in [0.05, 0.1) is 4.92 Å². The molecule has 0 atom stereocenters. The highest BCUT2D eigenvalue weighted by Gasteiger charge is 2.47. The van der Waals surface area contributed by atoms with Crippen LogP contribution in [0.3, 0.4) is 0 Å². The first-order valence-electron chi connectivity index (χ1n) is 7.75. The summed E-state index contributed by atoms with van der Waals surface area (Å²) in [5.74, 6) is 0. The largest absolute Gasteiger partial charge is 0.294 e. The number of benzene rings is 1. The quantitative estimate of drug-likeness (QED) is 0.507. The highest BCUT2D eigenvalue weighted by atomic mass is 32.2. The third kappa shape index (κ3) is 3.26. The van der Waals surface area contributed by atoms with E-state index in [2.05, 4.69) is 20.8 Å². The van der Waals surface area contributed by atoms with E-state index >= 15 is 0 Å². The van der Waals surface area contributed by atoms with Crippen molar-refractivity contribution in [2.24, 2.45) is 5.41 Å². The third-order valence-corrected chi connectivity index (χ3v) is 5.97. The van der Waals surface area contributed by atoms with Gasteiger partial charge >= 0.3 is 0 Å². The van der Waals surface area contributed by atoms with E-state index in [0.717, 1.165) is 38.2 Å². The highest BCUT2D eigenvalue weighted by molar-refractivity contribution is 7.85. The molecule has 0 unspecified atom stereocenters. The molecule has 0 bridgehead atoms. The molecular weight excluding hydrogens is 318 g/mol. The summed E-state index contributed by atoms with van der Waals surface area (Å²) in [4.78, 5) is 10.6. The van der Waals surface area contributed by atoms with Crippen molar-refractivity contribution in [2.45, 2.75) is 63.2 Å². The summed E-state index contributed by atoms with van der Waals surface area (Å²) in [6, 6.07) is 3.75. The summed E-state index contributed by atoms with van der Waals surface area (Å²) in [5.41, 5.74) is -0.220. The first-order chi connectivity index (χ1) is 10.5. The van der Waals surface area contributed by atoms with Gasteiger partial charge in [-0.15, -0.1) is 0 Å². The summed E-state index contributed by atoms with van der Waals surface area (Å²) < 4.78 is 31.8. The molecule has 1 N–H and O–H groups in total. The van der Waals surface area contributed by atoms with Crippen molar-refractivity contribution in [1.82, 2.24) is 0 Å². The molecule has 0 heterocycles. The van der Waals surface area contributed by atoms with Crippen molar-refractivity contribution in [2.75, 3.05) is 0 Å². The predicted molar refractivity (Wildman–Crippen MR) is 87.1 cm³/mol. The number of hydrogen-bond acceptors (Lipinski definition) is 4. The van der Waals surface area contributed by atoms with E-state index in [4.69, 9.17) is 0 Å². The second kappa shape index (κ2) is 5.87. The first-order valence-corrected chi connectivity index (χ1v) is 9.19. The lowest BCUT2D eigenvalue weighted by Gasteiger charge is -2.47. The summed E-state index contributed by atoms with van der Waals surface area (Å²) in [7, 11) is -4.47. The van der Waals surface area contributed by atoms with Crippen molar-refractivity contribution in [3.8, 4) is 0 Å². The van der Waals surface area contributed by atoms with E-state index in [9.17, 15) is 23.1 Å². The van der Waals surface area contributed by atoms with Gasteiger partial charge < -0.3 is 0 Å². The number of nitrogens with zero attached hydrogens (tertiary/aromatic N) is 1. The van der Waals surface area contributed by atoms with Crippen LogP contribution in [-0.4, -0.2) is 17.9 Å². The topological polar surface area (TPSA) is 97.5 Å². The van der Waals surface area contributed by atoms with E-state index in [1.54, 1.807) is 0 Å². The Bertz CT molecular complexity index is 712. The number of rotatable bonds is 3. The molecule has 23 heavy (non-hydrogen) atoms. The van der Waals surface area contributed by atoms with Crippen molar-refractivity contribution in [3.63, 3.8) is 0 Å². The zero-order valence-corrected chi connectivity index (χ0v) is 14.5. The monoisotopic (exact) mass is 341 g/mol. The van der Waals surface area contributed by atoms with Crippen LogP contribution in [0.25, 0.3) is 0 Å². The molecule has 0 amide bonds. The normalized spacial score (nSPS) is 18.6. The predicted octanol–water partition coefficient (Wildman–Crippen LogP) is 4.09. The maximum absolute atomic E-state index is 11.5. The van der Waals surface area contributed by atoms with Crippen LogP contribution in [0.1, 0.15) is 58.4 Å². The van der Waals surface area contributed by atoms with Gasteiger partial charge in [-0.05, 0) is 24.3 Å². The molecule has 1 fully saturated rings. The first kappa shape index (κ1) is 17.9. The SMILES string of the molecule is CC(C)(C)C1(c2ccc(S(=O)(=O)O)cc2[N+](=O)[O-])CCCCC1. The number of hydrogen-bond donors (Lipinski definition) is 1. The molecule has 6 nitrogen and oxygen atoms in total. The molecule has 1 aliphatic carbocycles. The minimum atomic E-state index is -4.47. The van der Waals surface area contributed by atoms with Crippen LogP contribution >= 0.6 is 0 Å². The van der Waals surface area contributed by atoms with Crippen LogP contribution in [0.4, 0.5) is 5.69 Å². The van der Waals surface area contributed by atoms with Gasteiger partial charge in [0.25, 0.3) is 15.8 Å². The lowest BCUT2D eigenvalue weighted by molar-refractivity contribution is -0.386. The fourth-order valence-electron chi connectivity index (χ4n) is 3.81. The van der Waals surface area contributed by atoms with E-state index in [0.29, 0.717) is 5.56 Å². The molecule has 0 spiro atoms. The Hall–Kier alpha value is -1.47. The van der Waals surface area contributed by atoms with Crippen LogP contribution in [0.15, 0.2) is 23.1 Å². The maximum Gasteiger partial charge on any atom is 0.294 e. The zero-order chi connectivity index (χ0) is 17.5. The van der Waals surface area contributed by atoms with E-state index < -0.39 is 19.9 Å². The minimum absolute atomic E-state index is 0.197. The molecule has 2 rings (SSSR count). The van der Waals surface area contributed by atoms with Gasteiger partial charge in [0.2, 0.25) is 0 Å². The summed E-state index contributed by atoms with van der Waals surface area (Å²) in [6.07, 6.45) is 4.77. The lowest BCUT2D eigenvalue weighted by Crippen LogP contribution is -2.42. The van der Waals surface area contributed by atoms with Crippen molar-refractivity contribution < 1.29 is 17.9 Å². The average molecular weight is 341 g/mol. The molecule has 0 aliphatic heterocycles. The summed E-state index contributed by atoms with van der Waals surface area (Å²) >= 11 is 0. The van der Waals surface area contributed by atoms with Crippen LogP contribution in [-0.2, 0) is 15.5 Å². The third-order valence-electron chi connectivity index (χ3n) is 5.12. The van der Waals surface area contributed by atoms with Gasteiger partial charge in [-0.1, -0.05) is 46.1 Å². The average Bonchev–Trinajstić information content (AvgIpc) is 2.45. The Morgan fingerprint density at radius 3 is 2.17 bits per heavy atom. The molecule has 1 aromatic carbocycles. The fourth-order valence-corrected chi connectivity index (χ4v) is 4.31. The molecular formula is C16H23NO5S. The Morgan fingerprint density at radius 1 is 1.17 bits per heavy atom. The second-order valence-corrected chi connectivity index (χ2v) is 8.73. The maximum atomic E-state index is 11.5. The van der Waals surface area contributed by atoms with Gasteiger partial charge in [0.15, 0.2) is 0 Å². The standard InChI is InChI=1S/C16H23NO5S/c1-15(2,3)16(9-5-4-6-10-16)13-8-7-12(23(20,21)22)11-14(13)17(18)19/h7-8,11H,4-6,9-10H2,1-3H3,(H,20,21,22). The highest BCUT2D eigenvalue weighted by Crippen LogP contribution is 2.53. The summed E-state index contributed by atoms with van der Waals surface area (Å²) in [6.45, 7) is 6.20. The number of nitro benzene ring substituents is 1. The van der Waals surface area contributed by atoms with Crippen LogP contribution < -0.4 is 0 Å². The van der Waals surface area contributed by atoms with E-state index in [1.165, 1.54) is 12.1 Å². The van der Waals surface area contributed by atoms with Gasteiger partial charge in [0, 0.05) is 17.0 Å². The van der Waals surface area contributed by atoms with Crippen LogP contribution in [0, 0.1) is 15.5 Å². The number of nitro groups is 1. The molecule has 1 aliphatic rings.